The summed E-state index contributed by atoms with van der Waals surface area (Å²) in [6, 6.07) is 12.9. The number of Topliss-reactive ketones (excluding diaryl/α,β-unsaturated/α-hetero) is 1. The first-order valence-corrected chi connectivity index (χ1v) is 11.0. The van der Waals surface area contributed by atoms with Gasteiger partial charge in [0.05, 0.1) is 29.2 Å². The van der Waals surface area contributed by atoms with Crippen LogP contribution in [0.2, 0.25) is 0 Å². The van der Waals surface area contributed by atoms with E-state index in [0.29, 0.717) is 28.6 Å². The first-order chi connectivity index (χ1) is 15.8. The molecule has 0 unspecified atom stereocenters. The van der Waals surface area contributed by atoms with Crippen molar-refractivity contribution in [1.29, 1.82) is 0 Å². The van der Waals surface area contributed by atoms with Crippen LogP contribution in [-0.2, 0) is 16.1 Å². The first-order valence-electron chi connectivity index (χ1n) is 10.1. The molecule has 0 aliphatic rings. The minimum absolute atomic E-state index is 0.156. The Balaban J connectivity index is 1.48. The van der Waals surface area contributed by atoms with Crippen LogP contribution in [0.4, 0.5) is 5.13 Å². The molecule has 0 fully saturated rings. The Morgan fingerprint density at radius 1 is 1.09 bits per heavy atom. The number of hydrogen-bond donors (Lipinski definition) is 2. The van der Waals surface area contributed by atoms with E-state index in [1.165, 1.54) is 18.3 Å². The first kappa shape index (κ1) is 22.2. The fraction of sp³-hybridized carbons (Fsp3) is 0.174. The number of hydrogen-bond acceptors (Lipinski definition) is 7. The maximum absolute atomic E-state index is 12.9. The molecule has 0 spiro atoms. The van der Waals surface area contributed by atoms with Crippen molar-refractivity contribution in [3.8, 4) is 17.1 Å². The van der Waals surface area contributed by atoms with Crippen molar-refractivity contribution in [2.75, 3.05) is 5.32 Å². The number of para-hydroxylation sites is 1. The van der Waals surface area contributed by atoms with Crippen LogP contribution in [0.15, 0.2) is 52.3 Å². The molecule has 168 valence electrons. The van der Waals surface area contributed by atoms with Crippen molar-refractivity contribution < 1.29 is 18.8 Å². The molecule has 0 saturated carbocycles. The van der Waals surface area contributed by atoms with Crippen LogP contribution in [0, 0.1) is 13.8 Å². The van der Waals surface area contributed by atoms with Gasteiger partial charge in [0.2, 0.25) is 5.91 Å². The summed E-state index contributed by atoms with van der Waals surface area (Å²) in [4.78, 5) is 40.9. The summed E-state index contributed by atoms with van der Waals surface area (Å²) in [7, 11) is 0. The normalized spacial score (nSPS) is 10.8. The van der Waals surface area contributed by atoms with E-state index in [9.17, 15) is 14.4 Å². The van der Waals surface area contributed by atoms with E-state index < -0.39 is 11.7 Å². The summed E-state index contributed by atoms with van der Waals surface area (Å²) >= 11 is 1.18. The molecule has 0 atom stereocenters. The third kappa shape index (κ3) is 4.75. The molecule has 0 saturated heterocycles. The third-order valence-corrected chi connectivity index (χ3v) is 5.63. The van der Waals surface area contributed by atoms with Gasteiger partial charge in [-0.05, 0) is 38.1 Å². The number of anilines is 1. The maximum atomic E-state index is 12.9. The fourth-order valence-electron chi connectivity index (χ4n) is 3.33. The Labute approximate surface area is 193 Å². The van der Waals surface area contributed by atoms with Gasteiger partial charge in [-0.25, -0.2) is 9.67 Å². The molecular formula is C23H21N5O4S. The standard InChI is InChI=1S/C23H21N5O4S/c1-13-20(14(2)28(27-13)16-7-5-4-6-8-16)21(30)22(31)26-23-25-18(12-33-23)19-10-9-17(32-19)11-24-15(3)29/h4-10,12H,11H2,1-3H3,(H,24,29)(H,25,26,31). The van der Waals surface area contributed by atoms with E-state index >= 15 is 0 Å². The molecule has 4 rings (SSSR count). The Hall–Kier alpha value is -4.05. The van der Waals surface area contributed by atoms with E-state index in [1.807, 2.05) is 30.3 Å². The number of carbonyl (C=O) groups excluding carboxylic acids is 3. The molecule has 3 heterocycles. The van der Waals surface area contributed by atoms with E-state index in [-0.39, 0.29) is 23.1 Å². The largest absolute Gasteiger partial charge is 0.458 e. The fourth-order valence-corrected chi connectivity index (χ4v) is 4.02. The Morgan fingerprint density at radius 2 is 1.85 bits per heavy atom. The van der Waals surface area contributed by atoms with E-state index in [4.69, 9.17) is 4.42 Å². The van der Waals surface area contributed by atoms with Gasteiger partial charge in [-0.1, -0.05) is 18.2 Å². The topological polar surface area (TPSA) is 119 Å². The lowest BCUT2D eigenvalue weighted by atomic mass is 10.1. The van der Waals surface area contributed by atoms with Crippen LogP contribution in [0.5, 0.6) is 0 Å². The lowest BCUT2D eigenvalue weighted by Crippen LogP contribution is -2.24. The molecule has 2 amide bonds. The van der Waals surface area contributed by atoms with Gasteiger partial charge in [-0.3, -0.25) is 19.7 Å². The predicted octanol–water partition coefficient (Wildman–Crippen LogP) is 3.66. The van der Waals surface area contributed by atoms with E-state index in [0.717, 1.165) is 5.69 Å². The second-order valence-electron chi connectivity index (χ2n) is 7.29. The van der Waals surface area contributed by atoms with Gasteiger partial charge in [0, 0.05) is 12.3 Å². The van der Waals surface area contributed by atoms with Crippen molar-refractivity contribution in [2.45, 2.75) is 27.3 Å². The van der Waals surface area contributed by atoms with Crippen molar-refractivity contribution >= 4 is 34.1 Å². The van der Waals surface area contributed by atoms with E-state index in [2.05, 4.69) is 20.7 Å². The Kier molecular flexibility index (Phi) is 6.18. The number of ketones is 1. The number of thiazole rings is 1. The molecule has 0 bridgehead atoms. The van der Waals surface area contributed by atoms with Gasteiger partial charge in [-0.15, -0.1) is 11.3 Å². The van der Waals surface area contributed by atoms with Crippen molar-refractivity contribution in [1.82, 2.24) is 20.1 Å². The van der Waals surface area contributed by atoms with Crippen LogP contribution in [0.25, 0.3) is 17.1 Å². The van der Waals surface area contributed by atoms with Crippen molar-refractivity contribution in [2.24, 2.45) is 0 Å². The number of amides is 2. The number of nitrogens with one attached hydrogen (secondary N) is 2. The number of rotatable bonds is 7. The summed E-state index contributed by atoms with van der Waals surface area (Å²) in [5.41, 5.74) is 2.64. The second-order valence-corrected chi connectivity index (χ2v) is 8.15. The smallest absolute Gasteiger partial charge is 0.298 e. The number of benzene rings is 1. The van der Waals surface area contributed by atoms with Crippen molar-refractivity contribution in [3.05, 3.63) is 70.6 Å². The molecule has 0 aliphatic heterocycles. The van der Waals surface area contributed by atoms with Gasteiger partial charge in [0.25, 0.3) is 11.7 Å². The maximum Gasteiger partial charge on any atom is 0.298 e. The van der Waals surface area contributed by atoms with Crippen LogP contribution in [-0.4, -0.2) is 32.4 Å². The number of furan rings is 1. The molecule has 33 heavy (non-hydrogen) atoms. The molecule has 0 aliphatic carbocycles. The van der Waals surface area contributed by atoms with Gasteiger partial charge in [-0.2, -0.15) is 5.10 Å². The second kappa shape index (κ2) is 9.21. The minimum Gasteiger partial charge on any atom is -0.458 e. The van der Waals surface area contributed by atoms with Crippen LogP contribution in [0.3, 0.4) is 0 Å². The molecule has 10 heteroatoms. The molecule has 9 nitrogen and oxygen atoms in total. The van der Waals surface area contributed by atoms with Crippen molar-refractivity contribution in [3.63, 3.8) is 0 Å². The zero-order valence-corrected chi connectivity index (χ0v) is 19.0. The van der Waals surface area contributed by atoms with Crippen LogP contribution >= 0.6 is 11.3 Å². The molecule has 4 aromatic rings. The van der Waals surface area contributed by atoms with Crippen LogP contribution in [0.1, 0.15) is 34.4 Å². The lowest BCUT2D eigenvalue weighted by Gasteiger charge is -2.05. The van der Waals surface area contributed by atoms with Gasteiger partial charge in [0.15, 0.2) is 10.9 Å². The summed E-state index contributed by atoms with van der Waals surface area (Å²) in [5, 5.41) is 11.6. The SMILES string of the molecule is CC(=O)NCc1ccc(-c2csc(NC(=O)C(=O)c3c(C)nn(-c4ccccc4)c3C)n2)o1. The summed E-state index contributed by atoms with van der Waals surface area (Å²) in [5.74, 6) is -0.555. The Bertz CT molecular complexity index is 1340. The monoisotopic (exact) mass is 463 g/mol. The highest BCUT2D eigenvalue weighted by atomic mass is 32.1. The average Bonchev–Trinajstić information content (AvgIpc) is 3.51. The number of carbonyl (C=O) groups is 3. The number of aryl methyl sites for hydroxylation is 1. The zero-order valence-electron chi connectivity index (χ0n) is 18.2. The quantitative estimate of drug-likeness (QED) is 0.319. The minimum atomic E-state index is -0.791. The summed E-state index contributed by atoms with van der Waals surface area (Å²) in [6.07, 6.45) is 0. The van der Waals surface area contributed by atoms with Gasteiger partial charge in [0.1, 0.15) is 11.5 Å². The van der Waals surface area contributed by atoms with Crippen LogP contribution < -0.4 is 10.6 Å². The zero-order chi connectivity index (χ0) is 23.5. The number of nitrogens with zero attached hydrogens (tertiary/aromatic N) is 3. The molecule has 0 radical (unpaired) electrons. The highest BCUT2D eigenvalue weighted by Crippen LogP contribution is 2.27. The van der Waals surface area contributed by atoms with E-state index in [1.54, 1.807) is 36.0 Å². The average molecular weight is 464 g/mol. The lowest BCUT2D eigenvalue weighted by molar-refractivity contribution is -0.119. The third-order valence-electron chi connectivity index (χ3n) is 4.88. The predicted molar refractivity (Wildman–Crippen MR) is 123 cm³/mol. The highest BCUT2D eigenvalue weighted by molar-refractivity contribution is 7.14. The molecule has 2 N–H and O–H groups in total. The summed E-state index contributed by atoms with van der Waals surface area (Å²) in [6.45, 7) is 5.15. The molecule has 1 aromatic carbocycles. The summed E-state index contributed by atoms with van der Waals surface area (Å²) < 4.78 is 7.32. The van der Waals surface area contributed by atoms with Gasteiger partial charge < -0.3 is 9.73 Å². The molecular weight excluding hydrogens is 442 g/mol. The molecule has 3 aromatic heterocycles. The number of aromatic nitrogens is 3. The van der Waals surface area contributed by atoms with Gasteiger partial charge >= 0.3 is 0 Å². The Morgan fingerprint density at radius 3 is 2.58 bits per heavy atom. The highest BCUT2D eigenvalue weighted by Gasteiger charge is 2.26.